The molecule has 5 heteroatoms. The van der Waals surface area contributed by atoms with Crippen molar-refractivity contribution in [2.24, 2.45) is 0 Å². The lowest BCUT2D eigenvalue weighted by atomic mass is 10.1. The van der Waals surface area contributed by atoms with E-state index in [9.17, 15) is 4.79 Å². The van der Waals surface area contributed by atoms with Crippen molar-refractivity contribution < 1.29 is 9.53 Å². The maximum absolute atomic E-state index is 12.8. The Hall–Kier alpha value is -3.60. The molecular weight excluding hydrogens is 362 g/mol. The van der Waals surface area contributed by atoms with Crippen molar-refractivity contribution in [1.29, 1.82) is 0 Å². The minimum Gasteiger partial charge on any atom is -0.472 e. The smallest absolute Gasteiger partial charge is 0.321 e. The molecule has 0 bridgehead atoms. The van der Waals surface area contributed by atoms with E-state index in [1.165, 1.54) is 0 Å². The average molecular weight is 383 g/mol. The van der Waals surface area contributed by atoms with Gasteiger partial charge in [-0.2, -0.15) is 0 Å². The number of rotatable bonds is 3. The summed E-state index contributed by atoms with van der Waals surface area (Å²) in [6, 6.07) is 25.7. The molecule has 1 saturated heterocycles. The zero-order valence-electron chi connectivity index (χ0n) is 15.9. The molecule has 1 fully saturated rings. The summed E-state index contributed by atoms with van der Waals surface area (Å²) in [5, 5.41) is 6.28. The van der Waals surface area contributed by atoms with Crippen molar-refractivity contribution in [2.75, 3.05) is 18.4 Å². The quantitative estimate of drug-likeness (QED) is 0.537. The summed E-state index contributed by atoms with van der Waals surface area (Å²) in [5.41, 5.74) is 1.74. The van der Waals surface area contributed by atoms with E-state index in [4.69, 9.17) is 4.74 Å². The van der Waals surface area contributed by atoms with E-state index in [-0.39, 0.29) is 12.1 Å². The Morgan fingerprint density at radius 2 is 1.72 bits per heavy atom. The van der Waals surface area contributed by atoms with Gasteiger partial charge >= 0.3 is 6.03 Å². The zero-order chi connectivity index (χ0) is 19.6. The number of anilines is 1. The summed E-state index contributed by atoms with van der Waals surface area (Å²) < 4.78 is 6.05. The van der Waals surface area contributed by atoms with E-state index in [0.29, 0.717) is 19.0 Å². The molecule has 144 valence electrons. The van der Waals surface area contributed by atoms with Crippen LogP contribution in [0.2, 0.25) is 0 Å². The Labute approximate surface area is 168 Å². The van der Waals surface area contributed by atoms with E-state index < -0.39 is 0 Å². The second-order valence-corrected chi connectivity index (χ2v) is 7.27. The first-order valence-electron chi connectivity index (χ1n) is 9.82. The van der Waals surface area contributed by atoms with Crippen LogP contribution < -0.4 is 10.1 Å². The number of hydrogen-bond donors (Lipinski definition) is 1. The number of nitrogens with one attached hydrogen (secondary N) is 1. The van der Waals surface area contributed by atoms with E-state index in [2.05, 4.69) is 10.3 Å². The van der Waals surface area contributed by atoms with Gasteiger partial charge in [0.2, 0.25) is 5.88 Å². The minimum absolute atomic E-state index is 0.0538. The summed E-state index contributed by atoms with van der Waals surface area (Å²) in [6.07, 6.45) is 0.735. The highest BCUT2D eigenvalue weighted by molar-refractivity contribution is 6.01. The van der Waals surface area contributed by atoms with Crippen molar-refractivity contribution in [3.8, 4) is 5.88 Å². The molecule has 0 aliphatic carbocycles. The Morgan fingerprint density at radius 1 is 0.931 bits per heavy atom. The van der Waals surface area contributed by atoms with Crippen LogP contribution >= 0.6 is 0 Å². The maximum Gasteiger partial charge on any atom is 0.321 e. The molecule has 0 radical (unpaired) electrons. The Balaban J connectivity index is 1.25. The summed E-state index contributed by atoms with van der Waals surface area (Å²) in [5.74, 6) is 0.602. The third kappa shape index (κ3) is 3.59. The first kappa shape index (κ1) is 17.5. The molecule has 29 heavy (non-hydrogen) atoms. The Kier molecular flexibility index (Phi) is 4.48. The van der Waals surface area contributed by atoms with Gasteiger partial charge in [0.05, 0.1) is 17.7 Å². The van der Waals surface area contributed by atoms with Crippen molar-refractivity contribution in [2.45, 2.75) is 12.5 Å². The topological polar surface area (TPSA) is 54.5 Å². The molecule has 0 saturated carbocycles. The first-order valence-corrected chi connectivity index (χ1v) is 9.82. The molecule has 1 unspecified atom stereocenters. The van der Waals surface area contributed by atoms with Crippen LogP contribution in [0.15, 0.2) is 78.9 Å². The van der Waals surface area contributed by atoms with E-state index in [1.807, 2.05) is 78.9 Å². The predicted molar refractivity (Wildman–Crippen MR) is 115 cm³/mol. The molecule has 5 rings (SSSR count). The Morgan fingerprint density at radius 3 is 2.66 bits per heavy atom. The van der Waals surface area contributed by atoms with Crippen LogP contribution in [-0.4, -0.2) is 35.1 Å². The summed E-state index contributed by atoms with van der Waals surface area (Å²) >= 11 is 0. The van der Waals surface area contributed by atoms with Crippen LogP contribution in [0.3, 0.4) is 0 Å². The number of urea groups is 1. The van der Waals surface area contributed by atoms with Crippen LogP contribution in [0, 0.1) is 0 Å². The minimum atomic E-state index is -0.0982. The molecule has 1 aromatic heterocycles. The van der Waals surface area contributed by atoms with Crippen LogP contribution in [0.25, 0.3) is 21.7 Å². The van der Waals surface area contributed by atoms with Crippen LogP contribution in [0.5, 0.6) is 5.88 Å². The molecule has 3 aromatic carbocycles. The number of nitrogens with zero attached hydrogens (tertiary/aromatic N) is 2. The number of benzene rings is 3. The predicted octanol–water partition coefficient (Wildman–Crippen LogP) is 5.07. The highest BCUT2D eigenvalue weighted by Crippen LogP contribution is 2.25. The number of hydrogen-bond acceptors (Lipinski definition) is 3. The third-order valence-corrected chi connectivity index (χ3v) is 5.32. The number of fused-ring (bicyclic) bond motifs is 2. The average Bonchev–Trinajstić information content (AvgIpc) is 3.22. The van der Waals surface area contributed by atoms with Crippen LogP contribution in [0.1, 0.15) is 6.42 Å². The second kappa shape index (κ2) is 7.43. The van der Waals surface area contributed by atoms with Crippen molar-refractivity contribution in [3.05, 3.63) is 78.9 Å². The van der Waals surface area contributed by atoms with Crippen molar-refractivity contribution in [3.63, 3.8) is 0 Å². The molecule has 1 N–H and O–H groups in total. The van der Waals surface area contributed by atoms with Gasteiger partial charge in [-0.15, -0.1) is 0 Å². The zero-order valence-corrected chi connectivity index (χ0v) is 15.9. The monoisotopic (exact) mass is 383 g/mol. The number of carbonyl (C=O) groups excluding carboxylic acids is 1. The molecule has 1 aliphatic rings. The molecule has 2 heterocycles. The lowest BCUT2D eigenvalue weighted by Crippen LogP contribution is -2.34. The maximum atomic E-state index is 12.8. The lowest BCUT2D eigenvalue weighted by Gasteiger charge is -2.18. The number of carbonyl (C=O) groups is 1. The lowest BCUT2D eigenvalue weighted by molar-refractivity contribution is 0.190. The van der Waals surface area contributed by atoms with Crippen molar-refractivity contribution >= 4 is 33.4 Å². The van der Waals surface area contributed by atoms with Crippen LogP contribution in [0.4, 0.5) is 10.5 Å². The van der Waals surface area contributed by atoms with E-state index in [0.717, 1.165) is 33.8 Å². The fraction of sp³-hybridized carbons (Fsp3) is 0.167. The Bertz CT molecular complexity index is 1190. The van der Waals surface area contributed by atoms with Gasteiger partial charge in [0.1, 0.15) is 6.10 Å². The highest BCUT2D eigenvalue weighted by atomic mass is 16.5. The van der Waals surface area contributed by atoms with Gasteiger partial charge in [0.15, 0.2) is 0 Å². The normalized spacial score (nSPS) is 16.3. The fourth-order valence-electron chi connectivity index (χ4n) is 3.82. The number of likely N-dealkylation sites (tertiary alicyclic amines) is 1. The largest absolute Gasteiger partial charge is 0.472 e. The molecule has 5 nitrogen and oxygen atoms in total. The number of aromatic nitrogens is 1. The first-order chi connectivity index (χ1) is 14.3. The van der Waals surface area contributed by atoms with Crippen LogP contribution in [-0.2, 0) is 0 Å². The standard InChI is InChI=1S/C24H21N3O2/c28-24(26-22-11-5-8-17-6-1-3-9-20(17)22)27-15-14-19(16-27)29-23-13-12-18-7-2-4-10-21(18)25-23/h1-13,19H,14-16H2,(H,26,28). The molecule has 1 aliphatic heterocycles. The van der Waals surface area contributed by atoms with E-state index in [1.54, 1.807) is 4.90 Å². The number of ether oxygens (including phenoxy) is 1. The van der Waals surface area contributed by atoms with Gasteiger partial charge in [-0.3, -0.25) is 0 Å². The molecule has 4 aromatic rings. The van der Waals surface area contributed by atoms with Gasteiger partial charge in [-0.05, 0) is 23.6 Å². The molecule has 1 atom stereocenters. The molecule has 2 amide bonds. The van der Waals surface area contributed by atoms with Gasteiger partial charge in [0, 0.05) is 29.8 Å². The number of pyridine rings is 1. The van der Waals surface area contributed by atoms with Crippen molar-refractivity contribution in [1.82, 2.24) is 9.88 Å². The molecule has 0 spiro atoms. The van der Waals surface area contributed by atoms with Gasteiger partial charge in [-0.1, -0.05) is 54.6 Å². The van der Waals surface area contributed by atoms with E-state index >= 15 is 0 Å². The van der Waals surface area contributed by atoms with Gasteiger partial charge < -0.3 is 15.0 Å². The van der Waals surface area contributed by atoms with Gasteiger partial charge in [-0.25, -0.2) is 9.78 Å². The SMILES string of the molecule is O=C(Nc1cccc2ccccc12)N1CCC(Oc2ccc3ccccc3n2)C1. The van der Waals surface area contributed by atoms with Gasteiger partial charge in [0.25, 0.3) is 0 Å². The summed E-state index contributed by atoms with van der Waals surface area (Å²) in [6.45, 7) is 1.21. The second-order valence-electron chi connectivity index (χ2n) is 7.27. The summed E-state index contributed by atoms with van der Waals surface area (Å²) in [4.78, 5) is 19.1. The molecular formula is C24H21N3O2. The fourth-order valence-corrected chi connectivity index (χ4v) is 3.82. The third-order valence-electron chi connectivity index (χ3n) is 5.32. The summed E-state index contributed by atoms with van der Waals surface area (Å²) in [7, 11) is 0. The number of amides is 2. The highest BCUT2D eigenvalue weighted by Gasteiger charge is 2.28. The number of para-hydroxylation sites is 1.